The van der Waals surface area contributed by atoms with Gasteiger partial charge in [-0.2, -0.15) is 5.26 Å². The molecule has 0 radical (unpaired) electrons. The number of hydrogen-bond acceptors (Lipinski definition) is 3. The van der Waals surface area contributed by atoms with Crippen LogP contribution >= 0.6 is 11.6 Å². The van der Waals surface area contributed by atoms with E-state index in [1.807, 2.05) is 6.07 Å². The summed E-state index contributed by atoms with van der Waals surface area (Å²) in [6.45, 7) is -0.0663. The summed E-state index contributed by atoms with van der Waals surface area (Å²) < 4.78 is 5.08. The molecule has 6 heteroatoms. The van der Waals surface area contributed by atoms with Crippen molar-refractivity contribution in [3.63, 3.8) is 0 Å². The van der Waals surface area contributed by atoms with Crippen molar-refractivity contribution in [1.29, 1.82) is 5.26 Å². The van der Waals surface area contributed by atoms with E-state index in [1.165, 1.54) is 4.90 Å². The van der Waals surface area contributed by atoms with Gasteiger partial charge in [0, 0.05) is 19.8 Å². The van der Waals surface area contributed by atoms with Crippen LogP contribution in [-0.2, 0) is 0 Å². The molecule has 0 heterocycles. The molecule has 0 atom stereocenters. The highest BCUT2D eigenvalue weighted by Crippen LogP contribution is 2.27. The van der Waals surface area contributed by atoms with Gasteiger partial charge >= 0.3 is 6.03 Å². The van der Waals surface area contributed by atoms with Crippen LogP contribution in [-0.4, -0.2) is 31.6 Å². The van der Waals surface area contributed by atoms with Crippen molar-refractivity contribution in [3.05, 3.63) is 23.2 Å². The predicted molar refractivity (Wildman–Crippen MR) is 65.3 cm³/mol. The van der Waals surface area contributed by atoms with E-state index >= 15 is 0 Å². The lowest BCUT2D eigenvalue weighted by atomic mass is 10.3. The number of nitrogens with one attached hydrogen (secondary N) is 1. The monoisotopic (exact) mass is 253 g/mol. The lowest BCUT2D eigenvalue weighted by Crippen LogP contribution is -2.27. The van der Waals surface area contributed by atoms with E-state index in [0.717, 1.165) is 0 Å². The second-order valence-electron chi connectivity index (χ2n) is 3.42. The average molecular weight is 254 g/mol. The molecule has 90 valence electrons. The Morgan fingerprint density at radius 3 is 2.82 bits per heavy atom. The van der Waals surface area contributed by atoms with Gasteiger partial charge in [0.05, 0.1) is 5.02 Å². The average Bonchev–Trinajstić information content (AvgIpc) is 2.28. The zero-order valence-corrected chi connectivity index (χ0v) is 10.3. The number of ether oxygens (including phenoxy) is 1. The van der Waals surface area contributed by atoms with E-state index in [1.54, 1.807) is 32.3 Å². The summed E-state index contributed by atoms with van der Waals surface area (Å²) >= 11 is 5.93. The zero-order chi connectivity index (χ0) is 12.8. The standard InChI is InChI=1S/C11H12ClN3O2/c1-15(2)11(16)14-8-3-4-10(9(12)7-8)17-6-5-13/h3-4,7H,6H2,1-2H3,(H,14,16). The maximum Gasteiger partial charge on any atom is 0.321 e. The number of amides is 2. The van der Waals surface area contributed by atoms with Gasteiger partial charge in [0.1, 0.15) is 11.8 Å². The molecule has 1 N–H and O–H groups in total. The molecule has 0 fully saturated rings. The Kier molecular flexibility index (Phi) is 4.61. The van der Waals surface area contributed by atoms with E-state index in [9.17, 15) is 4.79 Å². The molecule has 17 heavy (non-hydrogen) atoms. The van der Waals surface area contributed by atoms with Crippen molar-refractivity contribution in [1.82, 2.24) is 4.90 Å². The summed E-state index contributed by atoms with van der Waals surface area (Å²) in [7, 11) is 3.28. The Labute approximate surface area is 105 Å². The molecule has 0 bridgehead atoms. The number of benzene rings is 1. The van der Waals surface area contributed by atoms with Crippen LogP contribution in [0.1, 0.15) is 0 Å². The molecule has 1 aromatic carbocycles. The minimum Gasteiger partial charge on any atom is -0.477 e. The quantitative estimate of drug-likeness (QED) is 0.899. The number of halogens is 1. The van der Waals surface area contributed by atoms with Crippen LogP contribution in [0.5, 0.6) is 5.75 Å². The summed E-state index contributed by atoms with van der Waals surface area (Å²) in [5.41, 5.74) is 0.568. The third kappa shape index (κ3) is 3.85. The Balaban J connectivity index is 2.75. The summed E-state index contributed by atoms with van der Waals surface area (Å²) in [5.74, 6) is 0.413. The second kappa shape index (κ2) is 5.97. The van der Waals surface area contributed by atoms with Gasteiger partial charge in [0.15, 0.2) is 6.61 Å². The number of carbonyl (C=O) groups is 1. The number of urea groups is 1. The fraction of sp³-hybridized carbons (Fsp3) is 0.273. The van der Waals surface area contributed by atoms with Crippen LogP contribution in [0, 0.1) is 11.3 Å². The molecule has 0 aliphatic carbocycles. The predicted octanol–water partition coefficient (Wildman–Crippen LogP) is 2.34. The van der Waals surface area contributed by atoms with E-state index in [-0.39, 0.29) is 12.6 Å². The smallest absolute Gasteiger partial charge is 0.321 e. The number of hydrogen-bond donors (Lipinski definition) is 1. The van der Waals surface area contributed by atoms with E-state index in [4.69, 9.17) is 21.6 Å². The molecule has 0 aliphatic heterocycles. The molecule has 2 amide bonds. The van der Waals surface area contributed by atoms with Crippen molar-refractivity contribution < 1.29 is 9.53 Å². The molecular weight excluding hydrogens is 242 g/mol. The third-order valence-electron chi connectivity index (χ3n) is 1.88. The maximum absolute atomic E-state index is 11.4. The van der Waals surface area contributed by atoms with Crippen LogP contribution in [0.25, 0.3) is 0 Å². The second-order valence-corrected chi connectivity index (χ2v) is 3.82. The van der Waals surface area contributed by atoms with Crippen molar-refractivity contribution >= 4 is 23.3 Å². The Morgan fingerprint density at radius 2 is 2.29 bits per heavy atom. The van der Waals surface area contributed by atoms with Gasteiger partial charge in [0.2, 0.25) is 0 Å². The van der Waals surface area contributed by atoms with Gasteiger partial charge < -0.3 is 15.0 Å². The maximum atomic E-state index is 11.4. The van der Waals surface area contributed by atoms with Gasteiger partial charge in [-0.25, -0.2) is 4.79 Å². The summed E-state index contributed by atoms with van der Waals surface area (Å²) in [4.78, 5) is 12.8. The van der Waals surface area contributed by atoms with Crippen LogP contribution in [0.3, 0.4) is 0 Å². The van der Waals surface area contributed by atoms with Crippen LogP contribution in [0.2, 0.25) is 5.02 Å². The molecule has 1 rings (SSSR count). The fourth-order valence-corrected chi connectivity index (χ4v) is 1.28. The number of nitriles is 1. The molecule has 0 aromatic heterocycles. The molecule has 0 unspecified atom stereocenters. The van der Waals surface area contributed by atoms with E-state index < -0.39 is 0 Å². The summed E-state index contributed by atoms with van der Waals surface area (Å²) in [6.07, 6.45) is 0. The Morgan fingerprint density at radius 1 is 1.59 bits per heavy atom. The highest BCUT2D eigenvalue weighted by Gasteiger charge is 2.07. The molecular formula is C11H12ClN3O2. The molecule has 0 saturated carbocycles. The number of anilines is 1. The molecule has 5 nitrogen and oxygen atoms in total. The van der Waals surface area contributed by atoms with Gasteiger partial charge in [-0.05, 0) is 18.2 Å². The highest BCUT2D eigenvalue weighted by atomic mass is 35.5. The van der Waals surface area contributed by atoms with Gasteiger partial charge in [-0.1, -0.05) is 11.6 Å². The lowest BCUT2D eigenvalue weighted by Gasteiger charge is -2.13. The minimum atomic E-state index is -0.244. The SMILES string of the molecule is CN(C)C(=O)Nc1ccc(OCC#N)c(Cl)c1. The molecule has 1 aromatic rings. The van der Waals surface area contributed by atoms with Crippen molar-refractivity contribution in [3.8, 4) is 11.8 Å². The third-order valence-corrected chi connectivity index (χ3v) is 2.18. The summed E-state index contributed by atoms with van der Waals surface area (Å²) in [6, 6.07) is 6.42. The van der Waals surface area contributed by atoms with E-state index in [0.29, 0.717) is 16.5 Å². The van der Waals surface area contributed by atoms with Crippen LogP contribution < -0.4 is 10.1 Å². The van der Waals surface area contributed by atoms with Crippen LogP contribution in [0.15, 0.2) is 18.2 Å². The molecule has 0 spiro atoms. The van der Waals surface area contributed by atoms with Crippen molar-refractivity contribution in [2.45, 2.75) is 0 Å². The first-order chi connectivity index (χ1) is 8.04. The number of carbonyl (C=O) groups excluding carboxylic acids is 1. The first kappa shape index (κ1) is 13.1. The number of nitrogens with zero attached hydrogens (tertiary/aromatic N) is 2. The largest absolute Gasteiger partial charge is 0.477 e. The van der Waals surface area contributed by atoms with Crippen molar-refractivity contribution in [2.75, 3.05) is 26.0 Å². The Bertz CT molecular complexity index is 455. The Hall–Kier alpha value is -1.93. The van der Waals surface area contributed by atoms with Gasteiger partial charge in [0.25, 0.3) is 0 Å². The zero-order valence-electron chi connectivity index (χ0n) is 9.53. The topological polar surface area (TPSA) is 65.4 Å². The first-order valence-electron chi connectivity index (χ1n) is 4.82. The normalized spacial score (nSPS) is 9.29. The number of rotatable bonds is 3. The summed E-state index contributed by atoms with van der Waals surface area (Å²) in [5, 5.41) is 11.4. The minimum absolute atomic E-state index is 0.0663. The fourth-order valence-electron chi connectivity index (χ4n) is 1.04. The molecule has 0 saturated heterocycles. The molecule has 0 aliphatic rings. The van der Waals surface area contributed by atoms with Crippen LogP contribution in [0.4, 0.5) is 10.5 Å². The van der Waals surface area contributed by atoms with Crippen molar-refractivity contribution in [2.24, 2.45) is 0 Å². The lowest BCUT2D eigenvalue weighted by molar-refractivity contribution is 0.230. The first-order valence-corrected chi connectivity index (χ1v) is 5.20. The van der Waals surface area contributed by atoms with Gasteiger partial charge in [-0.15, -0.1) is 0 Å². The van der Waals surface area contributed by atoms with Gasteiger partial charge in [-0.3, -0.25) is 0 Å². The van der Waals surface area contributed by atoms with E-state index in [2.05, 4.69) is 5.32 Å². The highest BCUT2D eigenvalue weighted by molar-refractivity contribution is 6.32.